The number of rotatable bonds is 4. The van der Waals surface area contributed by atoms with Crippen LogP contribution in [0.1, 0.15) is 36.8 Å². The van der Waals surface area contributed by atoms with E-state index in [2.05, 4.69) is 6.58 Å². The van der Waals surface area contributed by atoms with Gasteiger partial charge in [0.15, 0.2) is 9.84 Å². The fraction of sp³-hybridized carbons (Fsp3) is 0.300. The summed E-state index contributed by atoms with van der Waals surface area (Å²) in [4.78, 5) is 0.0854. The van der Waals surface area contributed by atoms with Crippen molar-refractivity contribution in [3.8, 4) is 0 Å². The highest BCUT2D eigenvalue weighted by molar-refractivity contribution is 7.92. The Labute approximate surface area is 152 Å². The fourth-order valence-electron chi connectivity index (χ4n) is 3.64. The highest BCUT2D eigenvalue weighted by atomic mass is 32.2. The number of benzene rings is 2. The number of sulfone groups is 1. The number of halogens is 2. The molecule has 138 valence electrons. The predicted octanol–water partition coefficient (Wildman–Crippen LogP) is 4.18. The molecule has 2 aromatic carbocycles. The van der Waals surface area contributed by atoms with Crippen LogP contribution in [0.5, 0.6) is 0 Å². The van der Waals surface area contributed by atoms with Crippen LogP contribution in [-0.2, 0) is 14.6 Å². The van der Waals surface area contributed by atoms with Crippen molar-refractivity contribution in [3.63, 3.8) is 0 Å². The molecule has 0 aliphatic heterocycles. The Hall–Kier alpha value is -2.05. The fourth-order valence-corrected chi connectivity index (χ4v) is 5.81. The topological polar surface area (TPSA) is 60.2 Å². The third-order valence-corrected chi connectivity index (χ3v) is 7.75. The average Bonchev–Trinajstić information content (AvgIpc) is 2.64. The molecule has 0 aromatic heterocycles. The molecule has 2 aromatic rings. The largest absolute Gasteiger partial charge is 0.328 e. The van der Waals surface area contributed by atoms with Crippen LogP contribution in [0, 0.1) is 11.6 Å². The Morgan fingerprint density at radius 2 is 1.69 bits per heavy atom. The molecule has 0 heterocycles. The summed E-state index contributed by atoms with van der Waals surface area (Å²) in [6.45, 7) is 3.65. The van der Waals surface area contributed by atoms with E-state index in [9.17, 15) is 17.2 Å². The second kappa shape index (κ2) is 6.93. The summed E-state index contributed by atoms with van der Waals surface area (Å²) in [5.74, 6) is -1.37. The van der Waals surface area contributed by atoms with Gasteiger partial charge in [-0.1, -0.05) is 24.8 Å². The summed E-state index contributed by atoms with van der Waals surface area (Å²) in [5.41, 5.74) is 6.61. The lowest BCUT2D eigenvalue weighted by molar-refractivity contribution is 0.337. The van der Waals surface area contributed by atoms with Crippen LogP contribution in [0.25, 0.3) is 6.08 Å². The lowest BCUT2D eigenvalue weighted by atomic mass is 9.81. The summed E-state index contributed by atoms with van der Waals surface area (Å²) in [5, 5.41) is 0. The van der Waals surface area contributed by atoms with Gasteiger partial charge in [0.2, 0.25) is 0 Å². The van der Waals surface area contributed by atoms with E-state index >= 15 is 0 Å². The second-order valence-electron chi connectivity index (χ2n) is 6.73. The third-order valence-electron chi connectivity index (χ3n) is 5.20. The Morgan fingerprint density at radius 1 is 1.08 bits per heavy atom. The zero-order valence-electron chi connectivity index (χ0n) is 14.3. The van der Waals surface area contributed by atoms with Crippen LogP contribution in [0.3, 0.4) is 0 Å². The Morgan fingerprint density at radius 3 is 2.27 bits per heavy atom. The third kappa shape index (κ3) is 3.08. The van der Waals surface area contributed by atoms with Crippen molar-refractivity contribution in [2.24, 2.45) is 5.73 Å². The number of hydrogen-bond acceptors (Lipinski definition) is 3. The first kappa shape index (κ1) is 18.7. The Kier molecular flexibility index (Phi) is 4.99. The summed E-state index contributed by atoms with van der Waals surface area (Å²) < 4.78 is 54.0. The summed E-state index contributed by atoms with van der Waals surface area (Å²) in [6.07, 6.45) is 2.78. The molecule has 1 saturated carbocycles. The summed E-state index contributed by atoms with van der Waals surface area (Å²) in [7, 11) is -3.96. The minimum atomic E-state index is -3.96. The molecule has 0 unspecified atom stereocenters. The minimum absolute atomic E-state index is 0.0854. The first-order valence-electron chi connectivity index (χ1n) is 8.48. The van der Waals surface area contributed by atoms with Crippen LogP contribution in [0.15, 0.2) is 53.9 Å². The summed E-state index contributed by atoms with van der Waals surface area (Å²) >= 11 is 0. The van der Waals surface area contributed by atoms with E-state index in [4.69, 9.17) is 5.73 Å². The van der Waals surface area contributed by atoms with E-state index in [1.165, 1.54) is 12.1 Å². The second-order valence-corrected chi connectivity index (χ2v) is 8.99. The van der Waals surface area contributed by atoms with Crippen molar-refractivity contribution >= 4 is 15.9 Å². The van der Waals surface area contributed by atoms with E-state index in [1.54, 1.807) is 18.2 Å². The molecule has 6 heteroatoms. The molecule has 1 aliphatic carbocycles. The standard InChI is InChI=1S/C20H21F2NO2S/c1-2-14-3-6-17(7-4-14)26(24,25)20(11-9-16(23)10-12-20)18-13-15(21)5-8-19(18)22/h2-8,13,16H,1,9-12,23H2. The molecule has 3 nitrogen and oxygen atoms in total. The lowest BCUT2D eigenvalue weighted by Crippen LogP contribution is -2.43. The zero-order valence-corrected chi connectivity index (χ0v) is 15.1. The van der Waals surface area contributed by atoms with Gasteiger partial charge in [0.1, 0.15) is 16.4 Å². The molecule has 0 amide bonds. The molecular formula is C20H21F2NO2S. The molecule has 1 fully saturated rings. The molecule has 26 heavy (non-hydrogen) atoms. The first-order chi connectivity index (χ1) is 12.3. The monoisotopic (exact) mass is 377 g/mol. The van der Waals surface area contributed by atoms with Gasteiger partial charge in [0.05, 0.1) is 4.90 Å². The Balaban J connectivity index is 2.20. The van der Waals surface area contributed by atoms with Crippen molar-refractivity contribution in [2.75, 3.05) is 0 Å². The van der Waals surface area contributed by atoms with Crippen molar-refractivity contribution in [1.29, 1.82) is 0 Å². The van der Waals surface area contributed by atoms with Gasteiger partial charge in [-0.15, -0.1) is 0 Å². The van der Waals surface area contributed by atoms with Crippen molar-refractivity contribution in [1.82, 2.24) is 0 Å². The van der Waals surface area contributed by atoms with E-state index in [0.29, 0.717) is 12.8 Å². The predicted molar refractivity (Wildman–Crippen MR) is 98.2 cm³/mol. The van der Waals surface area contributed by atoms with Crippen LogP contribution in [0.2, 0.25) is 0 Å². The van der Waals surface area contributed by atoms with Crippen molar-refractivity contribution in [2.45, 2.75) is 41.4 Å². The van der Waals surface area contributed by atoms with Gasteiger partial charge in [0.25, 0.3) is 0 Å². The van der Waals surface area contributed by atoms with Crippen LogP contribution in [0.4, 0.5) is 8.78 Å². The molecule has 3 rings (SSSR count). The van der Waals surface area contributed by atoms with Gasteiger partial charge in [0, 0.05) is 11.6 Å². The van der Waals surface area contributed by atoms with Gasteiger partial charge in [-0.3, -0.25) is 0 Å². The highest BCUT2D eigenvalue weighted by Gasteiger charge is 2.49. The molecule has 1 aliphatic rings. The first-order valence-corrected chi connectivity index (χ1v) is 9.97. The van der Waals surface area contributed by atoms with Gasteiger partial charge in [-0.2, -0.15) is 0 Å². The molecule has 0 saturated heterocycles. The van der Waals surface area contributed by atoms with Crippen LogP contribution in [-0.4, -0.2) is 14.5 Å². The number of hydrogen-bond donors (Lipinski definition) is 1. The van der Waals surface area contributed by atoms with Gasteiger partial charge in [-0.05, 0) is 61.6 Å². The minimum Gasteiger partial charge on any atom is -0.328 e. The maximum Gasteiger partial charge on any atom is 0.188 e. The maximum atomic E-state index is 14.6. The molecule has 2 N–H and O–H groups in total. The van der Waals surface area contributed by atoms with E-state index in [1.807, 2.05) is 0 Å². The average molecular weight is 377 g/mol. The molecule has 0 atom stereocenters. The molecule has 0 radical (unpaired) electrons. The van der Waals surface area contributed by atoms with Gasteiger partial charge >= 0.3 is 0 Å². The lowest BCUT2D eigenvalue weighted by Gasteiger charge is -2.39. The summed E-state index contributed by atoms with van der Waals surface area (Å²) in [6, 6.07) is 9.09. The molecule has 0 spiro atoms. The van der Waals surface area contributed by atoms with Crippen LogP contribution >= 0.6 is 0 Å². The van der Waals surface area contributed by atoms with Crippen LogP contribution < -0.4 is 5.73 Å². The molecular weight excluding hydrogens is 356 g/mol. The maximum absolute atomic E-state index is 14.6. The SMILES string of the molecule is C=Cc1ccc(S(=O)(=O)C2(c3cc(F)ccc3F)CCC(N)CC2)cc1. The van der Waals surface area contributed by atoms with E-state index in [-0.39, 0.29) is 29.3 Å². The van der Waals surface area contributed by atoms with Gasteiger partial charge < -0.3 is 5.73 Å². The normalized spacial score (nSPS) is 23.6. The number of nitrogens with two attached hydrogens (primary N) is 1. The van der Waals surface area contributed by atoms with Crippen molar-refractivity contribution < 1.29 is 17.2 Å². The zero-order chi connectivity index (χ0) is 18.9. The quantitative estimate of drug-likeness (QED) is 0.870. The van der Waals surface area contributed by atoms with E-state index in [0.717, 1.165) is 23.8 Å². The highest BCUT2D eigenvalue weighted by Crippen LogP contribution is 2.47. The van der Waals surface area contributed by atoms with Crippen molar-refractivity contribution in [3.05, 3.63) is 71.8 Å². The smallest absolute Gasteiger partial charge is 0.188 e. The molecule has 0 bridgehead atoms. The van der Waals surface area contributed by atoms with E-state index < -0.39 is 26.2 Å². The van der Waals surface area contributed by atoms with Gasteiger partial charge in [-0.25, -0.2) is 17.2 Å². The Bertz CT molecular complexity index is 915.